The molecule has 0 aliphatic carbocycles. The highest BCUT2D eigenvalue weighted by Gasteiger charge is 2.12. The van der Waals surface area contributed by atoms with Gasteiger partial charge in [0.1, 0.15) is 23.0 Å². The number of nitrogens with one attached hydrogen (secondary N) is 2. The maximum Gasteiger partial charge on any atom is 0.135 e. The van der Waals surface area contributed by atoms with Crippen LogP contribution in [-0.2, 0) is 0 Å². The van der Waals surface area contributed by atoms with Crippen LogP contribution in [0.3, 0.4) is 0 Å². The molecule has 2 aliphatic rings. The van der Waals surface area contributed by atoms with E-state index in [1.807, 2.05) is 6.07 Å². The van der Waals surface area contributed by atoms with Crippen molar-refractivity contribution in [2.45, 2.75) is 0 Å². The molecule has 0 amide bonds. The average Bonchev–Trinajstić information content (AvgIpc) is 3.42. The number of furan rings is 1. The first kappa shape index (κ1) is 16.7. The van der Waals surface area contributed by atoms with E-state index in [4.69, 9.17) is 4.42 Å². The van der Waals surface area contributed by atoms with Gasteiger partial charge in [0.05, 0.1) is 13.1 Å². The third kappa shape index (κ3) is 2.95. The summed E-state index contributed by atoms with van der Waals surface area (Å²) in [6.07, 6.45) is 0. The van der Waals surface area contributed by atoms with Crippen molar-refractivity contribution in [3.8, 4) is 11.3 Å². The molecule has 0 fully saturated rings. The second-order valence-electron chi connectivity index (χ2n) is 6.25. The molecule has 2 N–H and O–H groups in total. The Morgan fingerprint density at radius 1 is 0.731 bits per heavy atom. The fraction of sp³-hybridized carbons (Fsp3) is 0.200. The SMILES string of the molecule is Cl.c1cc(-c2cc3cc(C4=NCCN4)ccc3o2)ccc1C1=NCCN1. The zero-order chi connectivity index (χ0) is 16.6. The number of hydrogen-bond acceptors (Lipinski definition) is 5. The van der Waals surface area contributed by atoms with Gasteiger partial charge in [-0.2, -0.15) is 0 Å². The molecule has 2 aromatic carbocycles. The zero-order valence-corrected chi connectivity index (χ0v) is 15.0. The number of nitrogens with zero attached hydrogens (tertiary/aromatic N) is 2. The Bertz CT molecular complexity index is 1000. The summed E-state index contributed by atoms with van der Waals surface area (Å²) >= 11 is 0. The van der Waals surface area contributed by atoms with Crippen molar-refractivity contribution in [3.63, 3.8) is 0 Å². The molecule has 3 aromatic rings. The number of aliphatic imine (C=N–C) groups is 2. The van der Waals surface area contributed by atoms with Gasteiger partial charge in [0.15, 0.2) is 0 Å². The van der Waals surface area contributed by atoms with Crippen molar-refractivity contribution in [3.05, 3.63) is 59.7 Å². The number of halogens is 1. The number of hydrogen-bond donors (Lipinski definition) is 2. The van der Waals surface area contributed by atoms with Crippen LogP contribution in [-0.4, -0.2) is 37.9 Å². The third-order valence-electron chi connectivity index (χ3n) is 4.58. The van der Waals surface area contributed by atoms with E-state index < -0.39 is 0 Å². The Hall–Kier alpha value is -2.79. The summed E-state index contributed by atoms with van der Waals surface area (Å²) in [4.78, 5) is 8.94. The Balaban J connectivity index is 0.00000168. The summed E-state index contributed by atoms with van der Waals surface area (Å²) in [5, 5.41) is 7.70. The van der Waals surface area contributed by atoms with Gasteiger partial charge in [0.25, 0.3) is 0 Å². The van der Waals surface area contributed by atoms with Gasteiger partial charge >= 0.3 is 0 Å². The van der Waals surface area contributed by atoms with E-state index in [-0.39, 0.29) is 12.4 Å². The summed E-state index contributed by atoms with van der Waals surface area (Å²) in [5.74, 6) is 2.82. The van der Waals surface area contributed by atoms with Gasteiger partial charge in [0, 0.05) is 35.2 Å². The lowest BCUT2D eigenvalue weighted by Crippen LogP contribution is -2.19. The molecule has 1 aromatic heterocycles. The van der Waals surface area contributed by atoms with Crippen LogP contribution in [0.2, 0.25) is 0 Å². The topological polar surface area (TPSA) is 61.9 Å². The Morgan fingerprint density at radius 2 is 1.35 bits per heavy atom. The highest BCUT2D eigenvalue weighted by molar-refractivity contribution is 6.03. The standard InChI is InChI=1S/C20H18N4O.ClH/c1-3-14(19-21-7-8-22-19)4-2-13(1)18-12-16-11-15(5-6-17(16)25-18)20-23-9-10-24-20;/h1-6,11-12H,7-10H2,(H,21,22)(H,23,24);1H. The number of rotatable bonds is 3. The number of benzene rings is 2. The van der Waals surface area contributed by atoms with E-state index in [0.29, 0.717) is 0 Å². The molecule has 0 saturated carbocycles. The first-order chi connectivity index (χ1) is 12.4. The highest BCUT2D eigenvalue weighted by atomic mass is 35.5. The summed E-state index contributed by atoms with van der Waals surface area (Å²) in [6.45, 7) is 3.53. The van der Waals surface area contributed by atoms with Crippen LogP contribution in [0.5, 0.6) is 0 Å². The molecule has 0 saturated heterocycles. The molecule has 2 aliphatic heterocycles. The molecule has 0 atom stereocenters. The lowest BCUT2D eigenvalue weighted by atomic mass is 10.1. The molecule has 0 spiro atoms. The Morgan fingerprint density at radius 3 is 2.00 bits per heavy atom. The fourth-order valence-electron chi connectivity index (χ4n) is 3.31. The highest BCUT2D eigenvalue weighted by Crippen LogP contribution is 2.29. The van der Waals surface area contributed by atoms with Gasteiger partial charge in [-0.05, 0) is 24.3 Å². The molecule has 6 heteroatoms. The minimum absolute atomic E-state index is 0. The molecular formula is C20H19ClN4O. The van der Waals surface area contributed by atoms with Gasteiger partial charge in [-0.15, -0.1) is 12.4 Å². The summed E-state index contributed by atoms with van der Waals surface area (Å²) in [7, 11) is 0. The predicted octanol–water partition coefficient (Wildman–Crippen LogP) is 3.22. The van der Waals surface area contributed by atoms with Crippen molar-refractivity contribution >= 4 is 35.0 Å². The van der Waals surface area contributed by atoms with Crippen LogP contribution < -0.4 is 10.6 Å². The van der Waals surface area contributed by atoms with Gasteiger partial charge in [-0.3, -0.25) is 9.98 Å². The van der Waals surface area contributed by atoms with Crippen molar-refractivity contribution < 1.29 is 4.42 Å². The third-order valence-corrected chi connectivity index (χ3v) is 4.58. The second-order valence-corrected chi connectivity index (χ2v) is 6.25. The zero-order valence-electron chi connectivity index (χ0n) is 14.2. The first-order valence-corrected chi connectivity index (χ1v) is 8.58. The van der Waals surface area contributed by atoms with Crippen LogP contribution in [0, 0.1) is 0 Å². The second kappa shape index (κ2) is 6.84. The summed E-state index contributed by atoms with van der Waals surface area (Å²) < 4.78 is 6.03. The van der Waals surface area contributed by atoms with Crippen LogP contribution >= 0.6 is 12.4 Å². The molecule has 132 valence electrons. The fourth-order valence-corrected chi connectivity index (χ4v) is 3.31. The van der Waals surface area contributed by atoms with E-state index in [0.717, 1.165) is 71.3 Å². The largest absolute Gasteiger partial charge is 0.456 e. The minimum atomic E-state index is 0. The number of fused-ring (bicyclic) bond motifs is 1. The molecule has 0 radical (unpaired) electrons. The predicted molar refractivity (Wildman–Crippen MR) is 108 cm³/mol. The monoisotopic (exact) mass is 366 g/mol. The summed E-state index contributed by atoms with van der Waals surface area (Å²) in [5.41, 5.74) is 4.18. The molecular weight excluding hydrogens is 348 g/mol. The van der Waals surface area contributed by atoms with E-state index >= 15 is 0 Å². The van der Waals surface area contributed by atoms with Crippen molar-refractivity contribution in [1.82, 2.24) is 10.6 Å². The molecule has 5 nitrogen and oxygen atoms in total. The van der Waals surface area contributed by atoms with E-state index in [2.05, 4.69) is 63.1 Å². The van der Waals surface area contributed by atoms with Crippen LogP contribution in [0.15, 0.2) is 62.9 Å². The first-order valence-electron chi connectivity index (χ1n) is 8.58. The Kier molecular flexibility index (Phi) is 4.39. The van der Waals surface area contributed by atoms with E-state index in [1.54, 1.807) is 0 Å². The summed E-state index contributed by atoms with van der Waals surface area (Å²) in [6, 6.07) is 16.6. The minimum Gasteiger partial charge on any atom is -0.456 e. The number of amidine groups is 2. The smallest absolute Gasteiger partial charge is 0.135 e. The van der Waals surface area contributed by atoms with Crippen molar-refractivity contribution in [1.29, 1.82) is 0 Å². The molecule has 3 heterocycles. The van der Waals surface area contributed by atoms with Crippen molar-refractivity contribution in [2.75, 3.05) is 26.2 Å². The average molecular weight is 367 g/mol. The molecule has 0 unspecified atom stereocenters. The van der Waals surface area contributed by atoms with Crippen molar-refractivity contribution in [2.24, 2.45) is 9.98 Å². The van der Waals surface area contributed by atoms with E-state index in [9.17, 15) is 0 Å². The van der Waals surface area contributed by atoms with Gasteiger partial charge in [-0.1, -0.05) is 24.3 Å². The molecule has 26 heavy (non-hydrogen) atoms. The molecule has 0 bridgehead atoms. The quantitative estimate of drug-likeness (QED) is 0.748. The van der Waals surface area contributed by atoms with Gasteiger partial charge < -0.3 is 15.1 Å². The van der Waals surface area contributed by atoms with Gasteiger partial charge in [-0.25, -0.2) is 0 Å². The van der Waals surface area contributed by atoms with Gasteiger partial charge in [0.2, 0.25) is 0 Å². The normalized spacial score (nSPS) is 15.8. The Labute approximate surface area is 157 Å². The maximum absolute atomic E-state index is 6.03. The maximum atomic E-state index is 6.03. The lowest BCUT2D eigenvalue weighted by molar-refractivity contribution is 0.631. The van der Waals surface area contributed by atoms with Crippen LogP contribution in [0.25, 0.3) is 22.3 Å². The van der Waals surface area contributed by atoms with Crippen LogP contribution in [0.4, 0.5) is 0 Å². The lowest BCUT2D eigenvalue weighted by Gasteiger charge is -2.03. The van der Waals surface area contributed by atoms with Crippen LogP contribution in [0.1, 0.15) is 11.1 Å². The van der Waals surface area contributed by atoms with E-state index in [1.165, 1.54) is 0 Å². The molecule has 5 rings (SSSR count).